The first kappa shape index (κ1) is 20.1. The second kappa shape index (κ2) is 7.97. The van der Waals surface area contributed by atoms with Crippen molar-refractivity contribution >= 4 is 50.8 Å². The van der Waals surface area contributed by atoms with Gasteiger partial charge >= 0.3 is 0 Å². The number of hydrogen-bond donors (Lipinski definition) is 3. The molecule has 2 aromatic rings. The number of carbonyl (C=O) groups excluding carboxylic acids is 2. The van der Waals surface area contributed by atoms with E-state index in [1.165, 1.54) is 0 Å². The smallest absolute Gasteiger partial charge is 0.257 e. The second-order valence-corrected chi connectivity index (χ2v) is 8.03. The Hall–Kier alpha value is -2.25. The summed E-state index contributed by atoms with van der Waals surface area (Å²) >= 11 is 8.69. The number of benzene rings is 2. The van der Waals surface area contributed by atoms with Crippen LogP contribution in [-0.2, 0) is 5.41 Å². The highest BCUT2D eigenvalue weighted by Crippen LogP contribution is 2.30. The maximum atomic E-state index is 12.4. The minimum atomic E-state index is -0.580. The zero-order valence-corrected chi connectivity index (χ0v) is 17.1. The SMILES string of the molecule is CC(C)(C)c1ccc(C(=O)NC(=S)Nc2ccccc2C(N)=O)cc1Br. The molecule has 2 rings (SSSR count). The summed E-state index contributed by atoms with van der Waals surface area (Å²) in [4.78, 5) is 23.9. The topological polar surface area (TPSA) is 84.2 Å². The molecule has 136 valence electrons. The Morgan fingerprint density at radius 1 is 1.12 bits per heavy atom. The molecule has 26 heavy (non-hydrogen) atoms. The molecule has 0 radical (unpaired) electrons. The van der Waals surface area contributed by atoms with Crippen molar-refractivity contribution in [1.82, 2.24) is 5.32 Å². The van der Waals surface area contributed by atoms with Gasteiger partial charge in [0.25, 0.3) is 11.8 Å². The van der Waals surface area contributed by atoms with Gasteiger partial charge in [-0.25, -0.2) is 0 Å². The minimum absolute atomic E-state index is 0.0385. The van der Waals surface area contributed by atoms with E-state index in [4.69, 9.17) is 18.0 Å². The quantitative estimate of drug-likeness (QED) is 0.639. The average molecular weight is 434 g/mol. The van der Waals surface area contributed by atoms with Crippen LogP contribution in [0.15, 0.2) is 46.9 Å². The van der Waals surface area contributed by atoms with Crippen LogP contribution in [0.3, 0.4) is 0 Å². The third-order valence-electron chi connectivity index (χ3n) is 3.71. The molecule has 0 atom stereocenters. The van der Waals surface area contributed by atoms with Crippen LogP contribution in [0.25, 0.3) is 0 Å². The predicted molar refractivity (Wildman–Crippen MR) is 111 cm³/mol. The largest absolute Gasteiger partial charge is 0.366 e. The minimum Gasteiger partial charge on any atom is -0.366 e. The van der Waals surface area contributed by atoms with Gasteiger partial charge in [0.2, 0.25) is 0 Å². The lowest BCUT2D eigenvalue weighted by molar-refractivity contribution is 0.0975. The Kier molecular flexibility index (Phi) is 6.15. The summed E-state index contributed by atoms with van der Waals surface area (Å²) in [5, 5.41) is 5.52. The molecule has 0 aliphatic heterocycles. The average Bonchev–Trinajstić information content (AvgIpc) is 2.53. The Bertz CT molecular complexity index is 875. The fraction of sp³-hybridized carbons (Fsp3) is 0.211. The molecule has 0 aliphatic rings. The van der Waals surface area contributed by atoms with Crippen molar-refractivity contribution in [2.75, 3.05) is 5.32 Å². The van der Waals surface area contributed by atoms with E-state index in [1.54, 1.807) is 36.4 Å². The summed E-state index contributed by atoms with van der Waals surface area (Å²) in [5.41, 5.74) is 7.60. The van der Waals surface area contributed by atoms with Gasteiger partial charge in [-0.1, -0.05) is 54.9 Å². The van der Waals surface area contributed by atoms with E-state index in [0.717, 1.165) is 10.0 Å². The molecular formula is C19H20BrN3O2S. The van der Waals surface area contributed by atoms with E-state index in [9.17, 15) is 9.59 Å². The molecule has 2 aromatic carbocycles. The van der Waals surface area contributed by atoms with Crippen molar-refractivity contribution in [2.24, 2.45) is 5.73 Å². The van der Waals surface area contributed by atoms with Gasteiger partial charge in [-0.15, -0.1) is 0 Å². The van der Waals surface area contributed by atoms with Gasteiger partial charge in [0.1, 0.15) is 0 Å². The van der Waals surface area contributed by atoms with Crippen LogP contribution in [0.2, 0.25) is 0 Å². The Morgan fingerprint density at radius 2 is 1.77 bits per heavy atom. The van der Waals surface area contributed by atoms with Crippen molar-refractivity contribution in [1.29, 1.82) is 0 Å². The molecule has 2 amide bonds. The summed E-state index contributed by atoms with van der Waals surface area (Å²) in [6, 6.07) is 12.1. The summed E-state index contributed by atoms with van der Waals surface area (Å²) < 4.78 is 0.857. The molecule has 0 saturated heterocycles. The van der Waals surface area contributed by atoms with Gasteiger partial charge in [0.15, 0.2) is 5.11 Å². The molecule has 0 fully saturated rings. The third kappa shape index (κ3) is 4.89. The zero-order valence-electron chi connectivity index (χ0n) is 14.7. The highest BCUT2D eigenvalue weighted by Gasteiger charge is 2.19. The van der Waals surface area contributed by atoms with Crippen LogP contribution in [0, 0.1) is 0 Å². The molecule has 0 saturated carbocycles. The van der Waals surface area contributed by atoms with E-state index in [1.807, 2.05) is 6.07 Å². The number of primary amides is 1. The highest BCUT2D eigenvalue weighted by molar-refractivity contribution is 9.10. The van der Waals surface area contributed by atoms with Crippen LogP contribution in [0.4, 0.5) is 5.69 Å². The van der Waals surface area contributed by atoms with Crippen molar-refractivity contribution in [3.63, 3.8) is 0 Å². The molecule has 7 heteroatoms. The lowest BCUT2D eigenvalue weighted by Gasteiger charge is -2.21. The van der Waals surface area contributed by atoms with Crippen LogP contribution < -0.4 is 16.4 Å². The van der Waals surface area contributed by atoms with Gasteiger partial charge in [-0.05, 0) is 47.5 Å². The van der Waals surface area contributed by atoms with Crippen LogP contribution >= 0.6 is 28.1 Å². The lowest BCUT2D eigenvalue weighted by atomic mass is 9.86. The van der Waals surface area contributed by atoms with E-state index in [2.05, 4.69) is 47.3 Å². The maximum absolute atomic E-state index is 12.4. The molecule has 4 N–H and O–H groups in total. The number of rotatable bonds is 3. The van der Waals surface area contributed by atoms with E-state index >= 15 is 0 Å². The number of thiocarbonyl (C=S) groups is 1. The Morgan fingerprint density at radius 3 is 2.35 bits per heavy atom. The number of amides is 2. The standard InChI is InChI=1S/C19H20BrN3O2S/c1-19(2,3)13-9-8-11(10-14(13)20)17(25)23-18(26)22-15-7-5-4-6-12(15)16(21)24/h4-10H,1-3H3,(H2,21,24)(H2,22,23,25,26). The number of nitrogens with two attached hydrogens (primary N) is 1. The van der Waals surface area contributed by atoms with Crippen molar-refractivity contribution in [3.8, 4) is 0 Å². The molecule has 5 nitrogen and oxygen atoms in total. The van der Waals surface area contributed by atoms with Gasteiger partial charge in [-0.3, -0.25) is 14.9 Å². The van der Waals surface area contributed by atoms with Crippen LogP contribution in [0.5, 0.6) is 0 Å². The predicted octanol–water partition coefficient (Wildman–Crippen LogP) is 3.97. The fourth-order valence-electron chi connectivity index (χ4n) is 2.40. The molecule has 0 aliphatic carbocycles. The van der Waals surface area contributed by atoms with Gasteiger partial charge < -0.3 is 11.1 Å². The zero-order chi connectivity index (χ0) is 19.5. The fourth-order valence-corrected chi connectivity index (χ4v) is 3.58. The normalized spacial score (nSPS) is 10.9. The van der Waals surface area contributed by atoms with E-state index in [0.29, 0.717) is 16.8 Å². The summed E-state index contributed by atoms with van der Waals surface area (Å²) in [7, 11) is 0. The maximum Gasteiger partial charge on any atom is 0.257 e. The van der Waals surface area contributed by atoms with E-state index in [-0.39, 0.29) is 16.4 Å². The van der Waals surface area contributed by atoms with E-state index < -0.39 is 5.91 Å². The van der Waals surface area contributed by atoms with Crippen molar-refractivity contribution < 1.29 is 9.59 Å². The van der Waals surface area contributed by atoms with Gasteiger partial charge in [0.05, 0.1) is 11.3 Å². The highest BCUT2D eigenvalue weighted by atomic mass is 79.9. The molecule has 0 unspecified atom stereocenters. The first-order valence-electron chi connectivity index (χ1n) is 7.91. The number of hydrogen-bond acceptors (Lipinski definition) is 3. The number of anilines is 1. The first-order chi connectivity index (χ1) is 12.1. The number of carbonyl (C=O) groups is 2. The Labute approximate surface area is 166 Å². The molecular weight excluding hydrogens is 414 g/mol. The summed E-state index contributed by atoms with van der Waals surface area (Å²) in [6.07, 6.45) is 0. The van der Waals surface area contributed by atoms with Crippen molar-refractivity contribution in [2.45, 2.75) is 26.2 Å². The number of halogens is 1. The Balaban J connectivity index is 2.12. The number of para-hydroxylation sites is 1. The summed E-state index contributed by atoms with van der Waals surface area (Å²) in [5.74, 6) is -0.927. The molecule has 0 spiro atoms. The lowest BCUT2D eigenvalue weighted by Crippen LogP contribution is -2.34. The molecule has 0 heterocycles. The molecule has 0 aromatic heterocycles. The second-order valence-electron chi connectivity index (χ2n) is 6.76. The number of nitrogens with one attached hydrogen (secondary N) is 2. The molecule has 0 bridgehead atoms. The van der Waals surface area contributed by atoms with Crippen molar-refractivity contribution in [3.05, 3.63) is 63.6 Å². The van der Waals surface area contributed by atoms with Gasteiger partial charge in [-0.2, -0.15) is 0 Å². The van der Waals surface area contributed by atoms with Gasteiger partial charge in [0, 0.05) is 10.0 Å². The third-order valence-corrected chi connectivity index (χ3v) is 4.57. The van der Waals surface area contributed by atoms with Crippen LogP contribution in [0.1, 0.15) is 47.1 Å². The van der Waals surface area contributed by atoms with Crippen LogP contribution in [-0.4, -0.2) is 16.9 Å². The summed E-state index contributed by atoms with van der Waals surface area (Å²) in [6.45, 7) is 6.30. The first-order valence-corrected chi connectivity index (χ1v) is 9.11. The monoisotopic (exact) mass is 433 g/mol.